The van der Waals surface area contributed by atoms with Crippen LogP contribution in [-0.2, 0) is 14.3 Å². The molecule has 39 heavy (non-hydrogen) atoms. The van der Waals surface area contributed by atoms with Crippen LogP contribution in [0.3, 0.4) is 0 Å². The van der Waals surface area contributed by atoms with Gasteiger partial charge in [-0.3, -0.25) is 0 Å². The Bertz CT molecular complexity index is 1540. The quantitative estimate of drug-likeness (QED) is 0.117. The van der Waals surface area contributed by atoms with Crippen LogP contribution in [0.15, 0.2) is 54.7 Å². The predicted octanol–water partition coefficient (Wildman–Crippen LogP) is 1.87. The molecule has 1 saturated heterocycles. The van der Waals surface area contributed by atoms with Crippen LogP contribution in [-0.4, -0.2) is 85.5 Å². The predicted molar refractivity (Wildman–Crippen MR) is 141 cm³/mol. The summed E-state index contributed by atoms with van der Waals surface area (Å²) >= 11 is 0. The molecule has 10 nitrogen and oxygen atoms in total. The normalized spacial score (nSPS) is 31.0. The zero-order valence-electron chi connectivity index (χ0n) is 21.1. The molecule has 6 N–H and O–H groups in total. The van der Waals surface area contributed by atoms with E-state index in [-0.39, 0.29) is 44.6 Å². The minimum Gasteiger partial charge on any atom is -0.422 e. The Balaban J connectivity index is 1.35. The number of hydrogen-bond acceptors (Lipinski definition) is 9. The largest absolute Gasteiger partial charge is 0.422 e. The number of carbonyl (C=O) groups excluding carboxylic acids is 1. The fourth-order valence-corrected chi connectivity index (χ4v) is 5.93. The van der Waals surface area contributed by atoms with Gasteiger partial charge in [-0.15, -0.1) is 0 Å². The summed E-state index contributed by atoms with van der Waals surface area (Å²) in [7, 11) is 0. The number of aromatic amines is 1. The van der Waals surface area contributed by atoms with Gasteiger partial charge in [0, 0.05) is 31.3 Å². The molecular formula is C29H31NO9. The van der Waals surface area contributed by atoms with Crippen molar-refractivity contribution in [3.63, 3.8) is 0 Å². The Morgan fingerprint density at radius 3 is 2.56 bits per heavy atom. The van der Waals surface area contributed by atoms with Gasteiger partial charge in [0.2, 0.25) is 5.79 Å². The average molecular weight is 538 g/mol. The number of carbonyl (C=O) groups is 1. The maximum absolute atomic E-state index is 13.5. The Kier molecular flexibility index (Phi) is 6.59. The van der Waals surface area contributed by atoms with Gasteiger partial charge < -0.3 is 44.7 Å². The monoisotopic (exact) mass is 537 g/mol. The smallest absolute Gasteiger partial charge is 0.343 e. The second-order valence-corrected chi connectivity index (χ2v) is 10.5. The van der Waals surface area contributed by atoms with Crippen molar-refractivity contribution in [2.24, 2.45) is 0 Å². The summed E-state index contributed by atoms with van der Waals surface area (Å²) in [4.78, 5) is 16.6. The number of nitrogens with one attached hydrogen (secondary N) is 1. The van der Waals surface area contributed by atoms with E-state index < -0.39 is 41.8 Å². The van der Waals surface area contributed by atoms with E-state index in [4.69, 9.17) is 19.3 Å². The molecule has 0 bridgehead atoms. The molecule has 0 radical (unpaired) electrons. The second-order valence-electron chi connectivity index (χ2n) is 10.5. The molecular weight excluding hydrogens is 506 g/mol. The molecule has 1 aliphatic heterocycles. The zero-order valence-corrected chi connectivity index (χ0v) is 21.1. The van der Waals surface area contributed by atoms with E-state index in [0.717, 1.165) is 27.1 Å². The highest BCUT2D eigenvalue weighted by Gasteiger charge is 2.68. The summed E-state index contributed by atoms with van der Waals surface area (Å²) in [5.74, 6) is -3.28. The van der Waals surface area contributed by atoms with Crippen LogP contribution in [0.4, 0.5) is 0 Å². The van der Waals surface area contributed by atoms with E-state index in [0.29, 0.717) is 5.39 Å². The van der Waals surface area contributed by atoms with Crippen LogP contribution in [0, 0.1) is 0 Å². The molecule has 1 saturated carbocycles. The van der Waals surface area contributed by atoms with Crippen molar-refractivity contribution in [2.75, 3.05) is 13.2 Å². The van der Waals surface area contributed by atoms with Crippen LogP contribution in [0.5, 0.6) is 5.75 Å². The molecule has 0 unspecified atom stereocenters. The van der Waals surface area contributed by atoms with Gasteiger partial charge in [0.1, 0.15) is 17.8 Å². The zero-order chi connectivity index (χ0) is 27.4. The molecule has 6 atom stereocenters. The van der Waals surface area contributed by atoms with Crippen LogP contribution >= 0.6 is 0 Å². The number of aromatic nitrogens is 1. The van der Waals surface area contributed by atoms with Crippen molar-refractivity contribution in [3.05, 3.63) is 54.7 Å². The molecule has 10 heteroatoms. The van der Waals surface area contributed by atoms with Gasteiger partial charge in [-0.05, 0) is 59.0 Å². The topological polar surface area (TPSA) is 162 Å². The van der Waals surface area contributed by atoms with Crippen molar-refractivity contribution < 1.29 is 44.5 Å². The number of fused-ring (bicyclic) bond motifs is 4. The van der Waals surface area contributed by atoms with Gasteiger partial charge in [0.05, 0.1) is 11.5 Å². The van der Waals surface area contributed by atoms with Crippen molar-refractivity contribution in [1.29, 1.82) is 0 Å². The summed E-state index contributed by atoms with van der Waals surface area (Å²) < 4.78 is 17.1. The van der Waals surface area contributed by atoms with Gasteiger partial charge in [-0.2, -0.15) is 0 Å². The lowest BCUT2D eigenvalue weighted by atomic mass is 9.86. The summed E-state index contributed by atoms with van der Waals surface area (Å²) in [5, 5.41) is 57.3. The van der Waals surface area contributed by atoms with E-state index in [1.54, 1.807) is 6.20 Å². The summed E-state index contributed by atoms with van der Waals surface area (Å²) in [6.45, 7) is -0.219. The Morgan fingerprint density at radius 1 is 1.08 bits per heavy atom. The van der Waals surface area contributed by atoms with Crippen molar-refractivity contribution in [1.82, 2.24) is 4.98 Å². The number of H-pyrrole nitrogens is 1. The fraction of sp³-hybridized carbons (Fsp3) is 0.414. The molecule has 3 aromatic carbocycles. The maximum atomic E-state index is 13.5. The van der Waals surface area contributed by atoms with Gasteiger partial charge >= 0.3 is 5.97 Å². The lowest BCUT2D eigenvalue weighted by molar-refractivity contribution is -0.314. The van der Waals surface area contributed by atoms with Crippen molar-refractivity contribution in [2.45, 2.75) is 61.5 Å². The first kappa shape index (κ1) is 26.1. The summed E-state index contributed by atoms with van der Waals surface area (Å²) in [6, 6.07) is 15.9. The lowest BCUT2D eigenvalue weighted by Gasteiger charge is -2.39. The molecule has 4 aromatic rings. The van der Waals surface area contributed by atoms with E-state index >= 15 is 0 Å². The maximum Gasteiger partial charge on any atom is 0.343 e. The molecule has 2 aliphatic rings. The highest BCUT2D eigenvalue weighted by Crippen LogP contribution is 2.47. The number of benzene rings is 3. The van der Waals surface area contributed by atoms with Crippen LogP contribution in [0.25, 0.3) is 32.4 Å². The minimum atomic E-state index is -2.58. The first-order valence-electron chi connectivity index (χ1n) is 13.1. The lowest BCUT2D eigenvalue weighted by Crippen LogP contribution is -2.60. The number of aliphatic hydroxyl groups is 5. The van der Waals surface area contributed by atoms with Crippen molar-refractivity contribution in [3.8, 4) is 5.75 Å². The van der Waals surface area contributed by atoms with Gasteiger partial charge in [-0.25, -0.2) is 4.79 Å². The highest BCUT2D eigenvalue weighted by molar-refractivity contribution is 6.14. The van der Waals surface area contributed by atoms with Crippen molar-refractivity contribution >= 4 is 38.4 Å². The van der Waals surface area contributed by atoms with Gasteiger partial charge in [0.15, 0.2) is 11.9 Å². The molecule has 2 fully saturated rings. The Morgan fingerprint density at radius 2 is 1.85 bits per heavy atom. The molecule has 206 valence electrons. The number of rotatable bonds is 7. The molecule has 0 amide bonds. The van der Waals surface area contributed by atoms with Crippen LogP contribution in [0.2, 0.25) is 0 Å². The Hall–Kier alpha value is -3.09. The SMILES string of the molecule is O=C(Oc1c[nH]c2ccc3cc4ccccc4cc3c12)[C@@H]1O[C@@](O)([C@]2(O)CC[C@@H](O)C2)[C@H](O)[C@H]1OCCCO. The number of aliphatic hydroxyl groups excluding tert-OH is 3. The fourth-order valence-electron chi connectivity index (χ4n) is 5.93. The third-order valence-corrected chi connectivity index (χ3v) is 8.00. The number of hydrogen-bond donors (Lipinski definition) is 6. The number of ether oxygens (including phenoxy) is 3. The average Bonchev–Trinajstić information content (AvgIpc) is 3.58. The minimum absolute atomic E-state index is 0.0344. The summed E-state index contributed by atoms with van der Waals surface area (Å²) in [6.07, 6.45) is -4.02. The van der Waals surface area contributed by atoms with E-state index in [1.165, 1.54) is 0 Å². The number of esters is 1. The van der Waals surface area contributed by atoms with E-state index in [2.05, 4.69) is 11.1 Å². The Labute approximate surface area is 223 Å². The molecule has 2 heterocycles. The summed E-state index contributed by atoms with van der Waals surface area (Å²) in [5.41, 5.74) is -1.26. The third-order valence-electron chi connectivity index (χ3n) is 8.00. The van der Waals surface area contributed by atoms with E-state index in [9.17, 15) is 25.2 Å². The standard InChI is InChI=1S/C29H31NO9/c31-10-3-11-37-24-25(39-29(36,26(24)33)28(35)9-8-19(32)14-28)27(34)38-22-15-30-21-7-6-18-12-16-4-1-2-5-17(16)13-20(18)23(21)22/h1-2,4-7,12-13,15,19,24-26,30-33,35-36H,3,8-11,14H2/t19-,24+,25-,26-,28+,29-/m1/s1. The first-order chi connectivity index (χ1) is 18.7. The highest BCUT2D eigenvalue weighted by atomic mass is 16.7. The van der Waals surface area contributed by atoms with Gasteiger partial charge in [-0.1, -0.05) is 30.3 Å². The molecule has 6 rings (SSSR count). The molecule has 1 aliphatic carbocycles. The molecule has 0 spiro atoms. The van der Waals surface area contributed by atoms with E-state index in [1.807, 2.05) is 42.5 Å². The van der Waals surface area contributed by atoms with Gasteiger partial charge in [0.25, 0.3) is 0 Å². The first-order valence-corrected chi connectivity index (χ1v) is 13.1. The van der Waals surface area contributed by atoms with Crippen LogP contribution in [0.1, 0.15) is 25.7 Å². The third kappa shape index (κ3) is 4.29. The van der Waals surface area contributed by atoms with Crippen LogP contribution < -0.4 is 4.74 Å². The molecule has 1 aromatic heterocycles. The second kappa shape index (κ2) is 9.83.